The number of ether oxygens (including phenoxy) is 1. The zero-order valence-corrected chi connectivity index (χ0v) is 11.0. The summed E-state index contributed by atoms with van der Waals surface area (Å²) in [5, 5.41) is 6.08. The maximum Gasteiger partial charge on any atom is 0.249 e. The third-order valence-electron chi connectivity index (χ3n) is 2.90. The van der Waals surface area contributed by atoms with Crippen LogP contribution in [0.4, 0.5) is 0 Å². The van der Waals surface area contributed by atoms with E-state index in [1.54, 1.807) is 11.3 Å². The lowest BCUT2D eigenvalue weighted by Gasteiger charge is -2.15. The highest BCUT2D eigenvalue weighted by atomic mass is 32.1. The lowest BCUT2D eigenvalue weighted by atomic mass is 10.2. The summed E-state index contributed by atoms with van der Waals surface area (Å²) in [6, 6.07) is -0.0387. The molecule has 5 heteroatoms. The van der Waals surface area contributed by atoms with Crippen molar-refractivity contribution in [3.8, 4) is 0 Å². The fourth-order valence-electron chi connectivity index (χ4n) is 1.85. The van der Waals surface area contributed by atoms with E-state index in [0.717, 1.165) is 30.0 Å². The second-order valence-corrected chi connectivity index (χ2v) is 5.19. The SMILES string of the molecule is CCc1nc([C@@H](C)NC(=O)[C@H]2CCCO2)cs1. The van der Waals surface area contributed by atoms with E-state index in [9.17, 15) is 4.79 Å². The van der Waals surface area contributed by atoms with Gasteiger partial charge < -0.3 is 10.1 Å². The third-order valence-corrected chi connectivity index (χ3v) is 3.91. The van der Waals surface area contributed by atoms with Gasteiger partial charge in [0.2, 0.25) is 5.91 Å². The number of hydrogen-bond donors (Lipinski definition) is 1. The van der Waals surface area contributed by atoms with Gasteiger partial charge in [-0.25, -0.2) is 4.98 Å². The first-order chi connectivity index (χ1) is 8.20. The van der Waals surface area contributed by atoms with E-state index in [2.05, 4.69) is 17.2 Å². The Bertz CT molecular complexity index is 386. The highest BCUT2D eigenvalue weighted by Gasteiger charge is 2.25. The van der Waals surface area contributed by atoms with Gasteiger partial charge >= 0.3 is 0 Å². The fourth-order valence-corrected chi connectivity index (χ4v) is 2.69. The predicted molar refractivity (Wildman–Crippen MR) is 67.0 cm³/mol. The lowest BCUT2D eigenvalue weighted by molar-refractivity contribution is -0.130. The first-order valence-corrected chi connectivity index (χ1v) is 6.95. The van der Waals surface area contributed by atoms with Gasteiger partial charge in [0.25, 0.3) is 0 Å². The van der Waals surface area contributed by atoms with Gasteiger partial charge in [-0.15, -0.1) is 11.3 Å². The van der Waals surface area contributed by atoms with Gasteiger partial charge in [-0.05, 0) is 26.2 Å². The summed E-state index contributed by atoms with van der Waals surface area (Å²) in [4.78, 5) is 16.3. The van der Waals surface area contributed by atoms with Crippen molar-refractivity contribution in [1.82, 2.24) is 10.3 Å². The maximum absolute atomic E-state index is 11.8. The van der Waals surface area contributed by atoms with Crippen LogP contribution in [0.5, 0.6) is 0 Å². The number of carbonyl (C=O) groups excluding carboxylic acids is 1. The standard InChI is InChI=1S/C12H18N2O2S/c1-3-11-14-9(7-17-11)8(2)13-12(15)10-5-4-6-16-10/h7-8,10H,3-6H2,1-2H3,(H,13,15)/t8-,10-/m1/s1. The Morgan fingerprint density at radius 2 is 2.59 bits per heavy atom. The highest BCUT2D eigenvalue weighted by molar-refractivity contribution is 7.09. The molecule has 1 saturated heterocycles. The van der Waals surface area contributed by atoms with E-state index in [-0.39, 0.29) is 18.1 Å². The molecule has 1 aliphatic rings. The van der Waals surface area contributed by atoms with Crippen molar-refractivity contribution < 1.29 is 9.53 Å². The Labute approximate surface area is 105 Å². The number of aryl methyl sites for hydroxylation is 1. The van der Waals surface area contributed by atoms with Crippen LogP contribution in [0.15, 0.2) is 5.38 Å². The molecule has 0 spiro atoms. The van der Waals surface area contributed by atoms with Crippen molar-refractivity contribution in [1.29, 1.82) is 0 Å². The van der Waals surface area contributed by atoms with Gasteiger partial charge in [-0.2, -0.15) is 0 Å². The van der Waals surface area contributed by atoms with Gasteiger partial charge in [-0.3, -0.25) is 4.79 Å². The number of amides is 1. The Kier molecular flexibility index (Phi) is 4.12. The minimum Gasteiger partial charge on any atom is -0.368 e. The van der Waals surface area contributed by atoms with E-state index in [1.165, 1.54) is 0 Å². The number of nitrogens with one attached hydrogen (secondary N) is 1. The molecule has 2 heterocycles. The van der Waals surface area contributed by atoms with Crippen LogP contribution in [0, 0.1) is 0 Å². The first kappa shape index (κ1) is 12.5. The molecule has 1 aromatic heterocycles. The van der Waals surface area contributed by atoms with E-state index in [1.807, 2.05) is 12.3 Å². The summed E-state index contributed by atoms with van der Waals surface area (Å²) in [5.41, 5.74) is 0.943. The molecule has 1 aliphatic heterocycles. The van der Waals surface area contributed by atoms with Crippen LogP contribution >= 0.6 is 11.3 Å². The van der Waals surface area contributed by atoms with Gasteiger partial charge in [0.05, 0.1) is 16.7 Å². The minimum atomic E-state index is -0.262. The van der Waals surface area contributed by atoms with Gasteiger partial charge in [0.15, 0.2) is 0 Å². The lowest BCUT2D eigenvalue weighted by Crippen LogP contribution is -2.35. The van der Waals surface area contributed by atoms with Crippen LogP contribution in [0.1, 0.15) is 43.4 Å². The van der Waals surface area contributed by atoms with Crippen LogP contribution in [0.2, 0.25) is 0 Å². The number of nitrogens with zero attached hydrogens (tertiary/aromatic N) is 1. The maximum atomic E-state index is 11.8. The molecule has 0 unspecified atom stereocenters. The average molecular weight is 254 g/mol. The summed E-state index contributed by atoms with van der Waals surface area (Å²) in [5.74, 6) is -0.0129. The number of rotatable bonds is 4. The molecule has 2 rings (SSSR count). The largest absolute Gasteiger partial charge is 0.368 e. The number of hydrogen-bond acceptors (Lipinski definition) is 4. The normalized spacial score (nSPS) is 21.4. The third kappa shape index (κ3) is 3.04. The second kappa shape index (κ2) is 5.60. The molecule has 0 bridgehead atoms. The second-order valence-electron chi connectivity index (χ2n) is 4.25. The monoisotopic (exact) mass is 254 g/mol. The minimum absolute atomic E-state index is 0.0129. The molecule has 0 radical (unpaired) electrons. The molecule has 1 amide bonds. The first-order valence-electron chi connectivity index (χ1n) is 6.07. The molecular formula is C12H18N2O2S. The molecule has 2 atom stereocenters. The van der Waals surface area contributed by atoms with E-state index in [4.69, 9.17) is 4.74 Å². The summed E-state index contributed by atoms with van der Waals surface area (Å²) in [6.07, 6.45) is 2.48. The predicted octanol–water partition coefficient (Wildman–Crippen LogP) is 2.06. The number of carbonyl (C=O) groups is 1. The molecule has 1 N–H and O–H groups in total. The van der Waals surface area contributed by atoms with Gasteiger partial charge in [0, 0.05) is 12.0 Å². The van der Waals surface area contributed by atoms with E-state index >= 15 is 0 Å². The summed E-state index contributed by atoms with van der Waals surface area (Å²) in [6.45, 7) is 4.74. The molecular weight excluding hydrogens is 236 g/mol. The Hall–Kier alpha value is -0.940. The van der Waals surface area contributed by atoms with Crippen LogP contribution in [0.25, 0.3) is 0 Å². The van der Waals surface area contributed by atoms with Crippen molar-refractivity contribution in [3.05, 3.63) is 16.1 Å². The van der Waals surface area contributed by atoms with Crippen LogP contribution < -0.4 is 5.32 Å². The molecule has 0 aromatic carbocycles. The zero-order valence-electron chi connectivity index (χ0n) is 10.2. The smallest absolute Gasteiger partial charge is 0.249 e. The summed E-state index contributed by atoms with van der Waals surface area (Å²) < 4.78 is 5.35. The molecule has 0 saturated carbocycles. The summed E-state index contributed by atoms with van der Waals surface area (Å²) in [7, 11) is 0. The Morgan fingerprint density at radius 1 is 1.76 bits per heavy atom. The van der Waals surface area contributed by atoms with Crippen molar-refractivity contribution in [2.24, 2.45) is 0 Å². The van der Waals surface area contributed by atoms with Crippen LogP contribution in [-0.4, -0.2) is 23.6 Å². The molecule has 1 aromatic rings. The van der Waals surface area contributed by atoms with Crippen molar-refractivity contribution >= 4 is 17.2 Å². The van der Waals surface area contributed by atoms with Crippen LogP contribution in [-0.2, 0) is 16.0 Å². The Morgan fingerprint density at radius 3 is 3.18 bits per heavy atom. The van der Waals surface area contributed by atoms with Crippen molar-refractivity contribution in [2.75, 3.05) is 6.61 Å². The van der Waals surface area contributed by atoms with Crippen molar-refractivity contribution in [3.63, 3.8) is 0 Å². The highest BCUT2D eigenvalue weighted by Crippen LogP contribution is 2.18. The van der Waals surface area contributed by atoms with Crippen molar-refractivity contribution in [2.45, 2.75) is 45.3 Å². The molecule has 0 aliphatic carbocycles. The molecule has 4 nitrogen and oxygen atoms in total. The fraction of sp³-hybridized carbons (Fsp3) is 0.667. The molecule has 1 fully saturated rings. The Balaban J connectivity index is 1.91. The average Bonchev–Trinajstić information content (AvgIpc) is 3.00. The quantitative estimate of drug-likeness (QED) is 0.894. The molecule has 94 valence electrons. The van der Waals surface area contributed by atoms with E-state index < -0.39 is 0 Å². The van der Waals surface area contributed by atoms with Gasteiger partial charge in [0.1, 0.15) is 6.10 Å². The zero-order chi connectivity index (χ0) is 12.3. The molecule has 17 heavy (non-hydrogen) atoms. The van der Waals surface area contributed by atoms with Gasteiger partial charge in [-0.1, -0.05) is 6.92 Å². The van der Waals surface area contributed by atoms with Crippen LogP contribution in [0.3, 0.4) is 0 Å². The topological polar surface area (TPSA) is 51.2 Å². The summed E-state index contributed by atoms with van der Waals surface area (Å²) >= 11 is 1.64. The number of thiazole rings is 1. The number of aromatic nitrogens is 1. The van der Waals surface area contributed by atoms with E-state index in [0.29, 0.717) is 6.61 Å².